The molecule has 5 rings (SSSR count). The first-order valence-electron chi connectivity index (χ1n) is 8.89. The lowest BCUT2D eigenvalue weighted by atomic mass is 9.96. The number of aromatic amines is 1. The molecule has 0 bridgehead atoms. The van der Waals surface area contributed by atoms with Crippen molar-refractivity contribution in [1.82, 2.24) is 19.2 Å². The van der Waals surface area contributed by atoms with Crippen molar-refractivity contribution in [3.8, 4) is 5.69 Å². The molecular formula is C19H18N4O2S2. The highest BCUT2D eigenvalue weighted by Crippen LogP contribution is 2.36. The van der Waals surface area contributed by atoms with Crippen LogP contribution in [0, 0.1) is 10.7 Å². The van der Waals surface area contributed by atoms with Gasteiger partial charge < -0.3 is 4.74 Å². The molecule has 6 nitrogen and oxygen atoms in total. The minimum Gasteiger partial charge on any atom is -0.372 e. The van der Waals surface area contributed by atoms with Crippen LogP contribution in [0.15, 0.2) is 35.1 Å². The van der Waals surface area contributed by atoms with Crippen LogP contribution in [0.3, 0.4) is 0 Å². The quantitative estimate of drug-likeness (QED) is 0.521. The third-order valence-electron chi connectivity index (χ3n) is 5.14. The van der Waals surface area contributed by atoms with Crippen LogP contribution in [0.25, 0.3) is 21.7 Å². The van der Waals surface area contributed by atoms with Gasteiger partial charge in [-0.1, -0.05) is 32.0 Å². The summed E-state index contributed by atoms with van der Waals surface area (Å²) in [6, 6.07) is 9.57. The molecule has 0 spiro atoms. The zero-order valence-corrected chi connectivity index (χ0v) is 16.6. The van der Waals surface area contributed by atoms with E-state index in [9.17, 15) is 4.79 Å². The van der Waals surface area contributed by atoms with Gasteiger partial charge in [0.15, 0.2) is 0 Å². The highest BCUT2D eigenvalue weighted by Gasteiger charge is 2.29. The molecule has 0 amide bonds. The predicted octanol–water partition coefficient (Wildman–Crippen LogP) is 3.85. The molecule has 0 aliphatic carbocycles. The maximum absolute atomic E-state index is 13.6. The molecule has 4 aromatic rings. The van der Waals surface area contributed by atoms with Gasteiger partial charge in [0.05, 0.1) is 23.8 Å². The number of H-pyrrole nitrogens is 1. The molecule has 1 aromatic carbocycles. The minimum absolute atomic E-state index is 0.0559. The summed E-state index contributed by atoms with van der Waals surface area (Å²) in [7, 11) is 0. The van der Waals surface area contributed by atoms with Crippen molar-refractivity contribution in [2.24, 2.45) is 5.92 Å². The number of nitrogens with one attached hydrogen (secondary N) is 1. The second-order valence-electron chi connectivity index (χ2n) is 7.12. The van der Waals surface area contributed by atoms with Crippen molar-refractivity contribution >= 4 is 39.5 Å². The molecular weight excluding hydrogens is 380 g/mol. The molecule has 0 saturated carbocycles. The summed E-state index contributed by atoms with van der Waals surface area (Å²) < 4.78 is 10.0. The molecule has 0 saturated heterocycles. The first-order valence-corrected chi connectivity index (χ1v) is 10.1. The number of benzene rings is 1. The highest BCUT2D eigenvalue weighted by atomic mass is 32.1. The van der Waals surface area contributed by atoms with Gasteiger partial charge in [-0.25, -0.2) is 14.1 Å². The number of rotatable bonds is 2. The summed E-state index contributed by atoms with van der Waals surface area (Å²) in [5, 5.41) is 7.92. The fourth-order valence-corrected chi connectivity index (χ4v) is 5.24. The summed E-state index contributed by atoms with van der Waals surface area (Å²) in [6.07, 6.45) is 0.862. The Labute approximate surface area is 164 Å². The van der Waals surface area contributed by atoms with Crippen LogP contribution in [0.1, 0.15) is 24.3 Å². The number of nitrogens with zero attached hydrogens (tertiary/aromatic N) is 3. The molecule has 0 unspecified atom stereocenters. The van der Waals surface area contributed by atoms with Gasteiger partial charge in [0, 0.05) is 11.3 Å². The lowest BCUT2D eigenvalue weighted by Gasteiger charge is -2.26. The van der Waals surface area contributed by atoms with Crippen LogP contribution in [-0.2, 0) is 17.8 Å². The third-order valence-corrected chi connectivity index (χ3v) is 6.60. The molecule has 4 heterocycles. The number of para-hydroxylation sites is 1. The fraction of sp³-hybridized carbons (Fsp3) is 0.316. The molecule has 0 radical (unpaired) electrons. The van der Waals surface area contributed by atoms with Crippen LogP contribution in [0.5, 0.6) is 0 Å². The van der Waals surface area contributed by atoms with E-state index in [2.05, 4.69) is 24.0 Å². The third kappa shape index (κ3) is 2.44. The number of hydrogen-bond acceptors (Lipinski definition) is 5. The Morgan fingerprint density at radius 2 is 2.11 bits per heavy atom. The topological polar surface area (TPSA) is 64.3 Å². The summed E-state index contributed by atoms with van der Waals surface area (Å²) in [4.78, 5) is 15.5. The van der Waals surface area contributed by atoms with Gasteiger partial charge in [-0.3, -0.25) is 4.79 Å². The molecule has 8 heteroatoms. The molecule has 1 aliphatic heterocycles. The number of hydrogen-bond donors (Lipinski definition) is 1. The zero-order valence-electron chi connectivity index (χ0n) is 14.9. The Balaban J connectivity index is 1.92. The smallest absolute Gasteiger partial charge is 0.268 e. The Morgan fingerprint density at radius 3 is 2.85 bits per heavy atom. The van der Waals surface area contributed by atoms with E-state index in [0.29, 0.717) is 23.1 Å². The first-order chi connectivity index (χ1) is 13.1. The van der Waals surface area contributed by atoms with E-state index in [-0.39, 0.29) is 11.7 Å². The molecule has 0 fully saturated rings. The van der Waals surface area contributed by atoms with E-state index in [4.69, 9.17) is 17.0 Å². The summed E-state index contributed by atoms with van der Waals surface area (Å²) in [5.74, 6) is 0.896. The highest BCUT2D eigenvalue weighted by molar-refractivity contribution is 7.71. The molecule has 138 valence electrons. The Bertz CT molecular complexity index is 1280. The van der Waals surface area contributed by atoms with E-state index in [1.54, 1.807) is 15.9 Å². The molecule has 1 N–H and O–H groups in total. The summed E-state index contributed by atoms with van der Waals surface area (Å²) in [6.45, 7) is 4.84. The second kappa shape index (κ2) is 6.12. The van der Waals surface area contributed by atoms with Crippen molar-refractivity contribution in [3.05, 3.63) is 55.9 Å². The van der Waals surface area contributed by atoms with Crippen LogP contribution >= 0.6 is 23.6 Å². The Hall–Kier alpha value is -2.29. The Kier molecular flexibility index (Phi) is 3.82. The number of fused-ring (bicyclic) bond motifs is 5. The maximum Gasteiger partial charge on any atom is 0.268 e. The summed E-state index contributed by atoms with van der Waals surface area (Å²) >= 11 is 7.06. The SMILES string of the molecule is CC(C)[C@H]1Cc2c(sc3c2c(=O)n(-c2ccccc2)c2n[nH]c(=S)n32)CO1. The van der Waals surface area contributed by atoms with Crippen molar-refractivity contribution < 1.29 is 4.74 Å². The fourth-order valence-electron chi connectivity index (χ4n) is 3.71. The van der Waals surface area contributed by atoms with E-state index in [1.165, 1.54) is 0 Å². The standard InChI is InChI=1S/C19H18N4O2S2/c1-10(2)13-8-12-14(9-25-13)27-17-15(12)16(24)22(11-6-4-3-5-7-11)18-20-21-19(26)23(17)18/h3-7,10,13H,8-9H2,1-2H3,(H,21,26)/t13-/m1/s1. The van der Waals surface area contributed by atoms with E-state index in [1.807, 2.05) is 34.7 Å². The average Bonchev–Trinajstić information content (AvgIpc) is 3.23. The molecule has 27 heavy (non-hydrogen) atoms. The second-order valence-corrected chi connectivity index (χ2v) is 8.59. The van der Waals surface area contributed by atoms with Gasteiger partial charge in [0.25, 0.3) is 5.56 Å². The van der Waals surface area contributed by atoms with Crippen molar-refractivity contribution in [1.29, 1.82) is 0 Å². The lowest BCUT2D eigenvalue weighted by molar-refractivity contribution is 0.00200. The van der Waals surface area contributed by atoms with Crippen molar-refractivity contribution in [2.45, 2.75) is 33.0 Å². The zero-order chi connectivity index (χ0) is 18.7. The monoisotopic (exact) mass is 398 g/mol. The normalized spacial score (nSPS) is 17.1. The van der Waals surface area contributed by atoms with Gasteiger partial charge in [-0.2, -0.15) is 0 Å². The number of ether oxygens (including phenoxy) is 1. The predicted molar refractivity (Wildman–Crippen MR) is 108 cm³/mol. The van der Waals surface area contributed by atoms with Crippen LogP contribution < -0.4 is 5.56 Å². The molecule has 3 aromatic heterocycles. The van der Waals surface area contributed by atoms with Gasteiger partial charge in [-0.15, -0.1) is 16.4 Å². The van der Waals surface area contributed by atoms with Crippen molar-refractivity contribution in [2.75, 3.05) is 0 Å². The van der Waals surface area contributed by atoms with Gasteiger partial charge in [0.1, 0.15) is 4.83 Å². The average molecular weight is 399 g/mol. The van der Waals surface area contributed by atoms with E-state index < -0.39 is 0 Å². The summed E-state index contributed by atoms with van der Waals surface area (Å²) in [5.41, 5.74) is 1.81. The molecule has 1 atom stereocenters. The van der Waals surface area contributed by atoms with Gasteiger partial charge in [0.2, 0.25) is 10.5 Å². The number of thiophene rings is 1. The van der Waals surface area contributed by atoms with Crippen LogP contribution in [-0.4, -0.2) is 25.3 Å². The van der Waals surface area contributed by atoms with Crippen LogP contribution in [0.4, 0.5) is 0 Å². The molecule has 1 aliphatic rings. The lowest BCUT2D eigenvalue weighted by Crippen LogP contribution is -2.28. The van der Waals surface area contributed by atoms with Crippen molar-refractivity contribution in [3.63, 3.8) is 0 Å². The van der Waals surface area contributed by atoms with Gasteiger partial charge >= 0.3 is 0 Å². The Morgan fingerprint density at radius 1 is 1.33 bits per heavy atom. The van der Waals surface area contributed by atoms with Gasteiger partial charge in [-0.05, 0) is 35.8 Å². The van der Waals surface area contributed by atoms with E-state index >= 15 is 0 Å². The minimum atomic E-state index is -0.0559. The first kappa shape index (κ1) is 16.9. The maximum atomic E-state index is 13.6. The van der Waals surface area contributed by atoms with E-state index in [0.717, 1.165) is 32.8 Å². The van der Waals surface area contributed by atoms with Crippen LogP contribution in [0.2, 0.25) is 0 Å². The number of aromatic nitrogens is 4. The largest absolute Gasteiger partial charge is 0.372 e.